The van der Waals surface area contributed by atoms with E-state index < -0.39 is 0 Å². The number of halogens is 1. The largest absolute Gasteiger partial charge is 0.451 e. The molecule has 28 heavy (non-hydrogen) atoms. The highest BCUT2D eigenvalue weighted by Crippen LogP contribution is 2.25. The van der Waals surface area contributed by atoms with Gasteiger partial charge in [-0.25, -0.2) is 4.39 Å². The predicted octanol–water partition coefficient (Wildman–Crippen LogP) is 2.51. The molecule has 7 heteroatoms. The van der Waals surface area contributed by atoms with Gasteiger partial charge in [0.25, 0.3) is 5.91 Å². The van der Waals surface area contributed by atoms with E-state index in [0.29, 0.717) is 43.5 Å². The van der Waals surface area contributed by atoms with E-state index in [1.54, 1.807) is 35.2 Å². The predicted molar refractivity (Wildman–Crippen MR) is 102 cm³/mol. The molecule has 1 saturated heterocycles. The maximum absolute atomic E-state index is 13.9. The van der Waals surface area contributed by atoms with Crippen LogP contribution in [0.3, 0.4) is 0 Å². The summed E-state index contributed by atoms with van der Waals surface area (Å²) in [7, 11) is 0. The molecular weight excluding hydrogens is 361 g/mol. The fraction of sp³-hybridized carbons (Fsp3) is 0.429. The fourth-order valence-electron chi connectivity index (χ4n) is 3.44. The Hall–Kier alpha value is -2.67. The number of amides is 2. The number of piperazine rings is 1. The van der Waals surface area contributed by atoms with E-state index in [2.05, 4.69) is 10.2 Å². The molecule has 2 aromatic rings. The van der Waals surface area contributed by atoms with Gasteiger partial charge in [-0.1, -0.05) is 12.1 Å². The van der Waals surface area contributed by atoms with Gasteiger partial charge in [-0.05, 0) is 44.0 Å². The van der Waals surface area contributed by atoms with Crippen molar-refractivity contribution in [1.82, 2.24) is 15.1 Å². The molecule has 1 atom stereocenters. The number of furan rings is 1. The van der Waals surface area contributed by atoms with Crippen LogP contribution in [0.25, 0.3) is 11.3 Å². The maximum Gasteiger partial charge on any atom is 0.289 e. The highest BCUT2D eigenvalue weighted by Gasteiger charge is 2.31. The van der Waals surface area contributed by atoms with E-state index in [4.69, 9.17) is 4.42 Å². The van der Waals surface area contributed by atoms with Gasteiger partial charge in [-0.2, -0.15) is 0 Å². The molecule has 4 rings (SSSR count). The van der Waals surface area contributed by atoms with Crippen LogP contribution in [-0.2, 0) is 4.79 Å². The van der Waals surface area contributed by atoms with Crippen molar-refractivity contribution < 1.29 is 18.4 Å². The van der Waals surface area contributed by atoms with Crippen molar-refractivity contribution in [3.05, 3.63) is 48.0 Å². The number of nitrogens with zero attached hydrogens (tertiary/aromatic N) is 2. The van der Waals surface area contributed by atoms with Crippen LogP contribution in [0, 0.1) is 5.82 Å². The Kier molecular flexibility index (Phi) is 5.17. The number of hydrogen-bond donors (Lipinski definition) is 1. The first-order valence-electron chi connectivity index (χ1n) is 9.71. The van der Waals surface area contributed by atoms with Crippen molar-refractivity contribution >= 4 is 11.8 Å². The third kappa shape index (κ3) is 3.94. The number of benzene rings is 1. The first-order chi connectivity index (χ1) is 13.5. The van der Waals surface area contributed by atoms with Gasteiger partial charge in [0, 0.05) is 32.2 Å². The smallest absolute Gasteiger partial charge is 0.289 e. The molecule has 2 aliphatic rings. The molecule has 0 spiro atoms. The van der Waals surface area contributed by atoms with Crippen molar-refractivity contribution in [2.45, 2.75) is 31.8 Å². The van der Waals surface area contributed by atoms with Crippen molar-refractivity contribution in [3.8, 4) is 11.3 Å². The minimum absolute atomic E-state index is 0.0582. The van der Waals surface area contributed by atoms with Crippen LogP contribution >= 0.6 is 0 Å². The highest BCUT2D eigenvalue weighted by molar-refractivity contribution is 5.92. The summed E-state index contributed by atoms with van der Waals surface area (Å²) in [4.78, 5) is 28.8. The molecule has 1 unspecified atom stereocenters. The van der Waals surface area contributed by atoms with Crippen LogP contribution in [-0.4, -0.2) is 59.9 Å². The summed E-state index contributed by atoms with van der Waals surface area (Å²) in [6.07, 6.45) is 2.14. The first kappa shape index (κ1) is 18.7. The van der Waals surface area contributed by atoms with E-state index in [-0.39, 0.29) is 29.4 Å². The molecule has 6 nitrogen and oxygen atoms in total. The molecule has 1 aliphatic carbocycles. The van der Waals surface area contributed by atoms with Gasteiger partial charge >= 0.3 is 0 Å². The quantitative estimate of drug-likeness (QED) is 0.859. The van der Waals surface area contributed by atoms with E-state index >= 15 is 0 Å². The molecule has 1 saturated carbocycles. The van der Waals surface area contributed by atoms with E-state index in [9.17, 15) is 14.0 Å². The Morgan fingerprint density at radius 1 is 1.11 bits per heavy atom. The average Bonchev–Trinajstić information content (AvgIpc) is 3.39. The van der Waals surface area contributed by atoms with E-state index in [1.807, 2.05) is 6.92 Å². The lowest BCUT2D eigenvalue weighted by Crippen LogP contribution is -2.55. The number of nitrogens with one attached hydrogen (secondary N) is 1. The number of carbonyl (C=O) groups excluding carboxylic acids is 2. The van der Waals surface area contributed by atoms with Gasteiger partial charge in [-0.3, -0.25) is 14.5 Å². The second kappa shape index (κ2) is 7.75. The van der Waals surface area contributed by atoms with Crippen molar-refractivity contribution in [1.29, 1.82) is 0 Å². The molecule has 2 heterocycles. The van der Waals surface area contributed by atoms with Gasteiger partial charge in [-0.15, -0.1) is 0 Å². The Balaban J connectivity index is 1.35. The van der Waals surface area contributed by atoms with Crippen LogP contribution in [0.1, 0.15) is 30.3 Å². The monoisotopic (exact) mass is 385 g/mol. The molecular formula is C21H24FN3O3. The SMILES string of the molecule is CC(C(=O)NC1CC1)N1CCN(C(=O)c2ccc(-c3ccccc3F)o2)CC1. The Bertz CT molecular complexity index is 869. The van der Waals surface area contributed by atoms with Crippen LogP contribution in [0.4, 0.5) is 4.39 Å². The minimum atomic E-state index is -0.386. The molecule has 1 aliphatic heterocycles. The second-order valence-corrected chi connectivity index (χ2v) is 7.43. The Morgan fingerprint density at radius 3 is 2.50 bits per heavy atom. The standard InChI is InChI=1S/C21H24FN3O3/c1-14(20(26)23-15-6-7-15)24-10-12-25(13-11-24)21(27)19-9-8-18(28-19)16-4-2-3-5-17(16)22/h2-5,8-9,14-15H,6-7,10-13H2,1H3,(H,23,26). The van der Waals surface area contributed by atoms with Crippen molar-refractivity contribution in [2.24, 2.45) is 0 Å². The van der Waals surface area contributed by atoms with Gasteiger partial charge in [0.1, 0.15) is 11.6 Å². The van der Waals surface area contributed by atoms with Crippen LogP contribution in [0.15, 0.2) is 40.8 Å². The van der Waals surface area contributed by atoms with Crippen LogP contribution in [0.2, 0.25) is 0 Å². The molecule has 2 fully saturated rings. The summed E-state index contributed by atoms with van der Waals surface area (Å²) >= 11 is 0. The van der Waals surface area contributed by atoms with Crippen molar-refractivity contribution in [2.75, 3.05) is 26.2 Å². The Morgan fingerprint density at radius 2 is 1.82 bits per heavy atom. The molecule has 148 valence electrons. The lowest BCUT2D eigenvalue weighted by molar-refractivity contribution is -0.126. The number of rotatable bonds is 5. The van der Waals surface area contributed by atoms with Gasteiger partial charge in [0.15, 0.2) is 5.76 Å². The highest BCUT2D eigenvalue weighted by atomic mass is 19.1. The zero-order valence-corrected chi connectivity index (χ0v) is 15.9. The topological polar surface area (TPSA) is 65.8 Å². The number of hydrogen-bond acceptors (Lipinski definition) is 4. The average molecular weight is 385 g/mol. The summed E-state index contributed by atoms with van der Waals surface area (Å²) in [6, 6.07) is 9.67. The summed E-state index contributed by atoms with van der Waals surface area (Å²) in [5.74, 6) is -0.000210. The molecule has 1 aromatic carbocycles. The zero-order chi connectivity index (χ0) is 19.7. The normalized spacial score (nSPS) is 18.7. The van der Waals surface area contributed by atoms with E-state index in [1.165, 1.54) is 6.07 Å². The van der Waals surface area contributed by atoms with Gasteiger partial charge < -0.3 is 14.6 Å². The van der Waals surface area contributed by atoms with Gasteiger partial charge in [0.2, 0.25) is 5.91 Å². The summed E-state index contributed by atoms with van der Waals surface area (Å²) in [5.41, 5.74) is 0.335. The van der Waals surface area contributed by atoms with Crippen molar-refractivity contribution in [3.63, 3.8) is 0 Å². The lowest BCUT2D eigenvalue weighted by atomic mass is 10.1. The third-order valence-electron chi connectivity index (χ3n) is 5.41. The Labute approximate surface area is 163 Å². The summed E-state index contributed by atoms with van der Waals surface area (Å²) < 4.78 is 19.5. The zero-order valence-electron chi connectivity index (χ0n) is 15.9. The lowest BCUT2D eigenvalue weighted by Gasteiger charge is -2.37. The number of carbonyl (C=O) groups is 2. The minimum Gasteiger partial charge on any atom is -0.451 e. The maximum atomic E-state index is 13.9. The fourth-order valence-corrected chi connectivity index (χ4v) is 3.44. The molecule has 1 N–H and O–H groups in total. The summed E-state index contributed by atoms with van der Waals surface area (Å²) in [6.45, 7) is 4.21. The molecule has 0 bridgehead atoms. The molecule has 1 aromatic heterocycles. The van der Waals surface area contributed by atoms with Crippen LogP contribution < -0.4 is 5.32 Å². The molecule has 0 radical (unpaired) electrons. The van der Waals surface area contributed by atoms with E-state index in [0.717, 1.165) is 12.8 Å². The molecule has 2 amide bonds. The van der Waals surface area contributed by atoms with Crippen LogP contribution in [0.5, 0.6) is 0 Å². The third-order valence-corrected chi connectivity index (χ3v) is 5.41. The first-order valence-corrected chi connectivity index (χ1v) is 9.71. The summed E-state index contributed by atoms with van der Waals surface area (Å²) in [5, 5.41) is 3.03. The van der Waals surface area contributed by atoms with Gasteiger partial charge in [0.05, 0.1) is 11.6 Å². The second-order valence-electron chi connectivity index (χ2n) is 7.43.